The number of hydrogen-bond donors (Lipinski definition) is 0. The molecule has 0 aliphatic carbocycles. The lowest BCUT2D eigenvalue weighted by molar-refractivity contribution is -0.107. The highest BCUT2D eigenvalue weighted by Gasteiger charge is 2.21. The fourth-order valence-electron chi connectivity index (χ4n) is 1.30. The molecular formula is C13H10ClNOS2. The zero-order valence-electron chi connectivity index (χ0n) is 9.43. The smallest absolute Gasteiger partial charge is 0.244 e. The van der Waals surface area contributed by atoms with Gasteiger partial charge in [-0.3, -0.25) is 4.79 Å². The van der Waals surface area contributed by atoms with Crippen LogP contribution in [-0.2, 0) is 4.79 Å². The fraction of sp³-hybridized carbons (Fsp3) is 0.0769. The summed E-state index contributed by atoms with van der Waals surface area (Å²) in [6.45, 7) is 3.64. The van der Waals surface area contributed by atoms with Crippen molar-refractivity contribution < 1.29 is 4.79 Å². The van der Waals surface area contributed by atoms with E-state index in [1.54, 1.807) is 24.3 Å². The molecule has 1 aliphatic heterocycles. The summed E-state index contributed by atoms with van der Waals surface area (Å²) >= 11 is 8.49. The summed E-state index contributed by atoms with van der Waals surface area (Å²) in [5, 5.41) is 0.659. The zero-order chi connectivity index (χ0) is 13.0. The molecule has 2 nitrogen and oxygen atoms in total. The Morgan fingerprint density at radius 3 is 2.78 bits per heavy atom. The maximum atomic E-state index is 11.7. The number of benzene rings is 1. The highest BCUT2D eigenvalue weighted by Crippen LogP contribution is 2.31. The van der Waals surface area contributed by atoms with Crippen molar-refractivity contribution in [2.75, 3.05) is 5.75 Å². The summed E-state index contributed by atoms with van der Waals surface area (Å²) in [5.41, 5.74) is 1.40. The first kappa shape index (κ1) is 13.5. The van der Waals surface area contributed by atoms with Gasteiger partial charge in [0.15, 0.2) is 0 Å². The predicted molar refractivity (Wildman–Crippen MR) is 82.1 cm³/mol. The predicted octanol–water partition coefficient (Wildman–Crippen LogP) is 4.23. The normalized spacial score (nSPS) is 17.1. The first-order valence-corrected chi connectivity index (χ1v) is 7.39. The van der Waals surface area contributed by atoms with E-state index in [9.17, 15) is 4.79 Å². The highest BCUT2D eigenvalue weighted by atomic mass is 35.5. The third kappa shape index (κ3) is 3.51. The van der Waals surface area contributed by atoms with Gasteiger partial charge in [-0.1, -0.05) is 41.6 Å². The lowest BCUT2D eigenvalue weighted by Gasteiger charge is -1.94. The van der Waals surface area contributed by atoms with Gasteiger partial charge in [-0.2, -0.15) is 0 Å². The van der Waals surface area contributed by atoms with Gasteiger partial charge in [-0.25, -0.2) is 4.99 Å². The van der Waals surface area contributed by atoms with Crippen LogP contribution in [0.15, 0.2) is 47.6 Å². The van der Waals surface area contributed by atoms with Crippen LogP contribution < -0.4 is 0 Å². The molecule has 0 spiro atoms. The number of aliphatic imine (C=N–C) groups is 1. The summed E-state index contributed by atoms with van der Waals surface area (Å²) in [7, 11) is 0. The topological polar surface area (TPSA) is 29.4 Å². The van der Waals surface area contributed by atoms with Crippen LogP contribution in [0, 0.1) is 0 Å². The van der Waals surface area contributed by atoms with Crippen LogP contribution in [0.1, 0.15) is 5.56 Å². The van der Waals surface area contributed by atoms with Crippen molar-refractivity contribution in [2.45, 2.75) is 0 Å². The first-order valence-electron chi connectivity index (χ1n) is 5.21. The van der Waals surface area contributed by atoms with Gasteiger partial charge in [0.25, 0.3) is 0 Å². The second kappa shape index (κ2) is 6.27. The second-order valence-electron chi connectivity index (χ2n) is 3.45. The molecule has 18 heavy (non-hydrogen) atoms. The van der Waals surface area contributed by atoms with Crippen molar-refractivity contribution in [2.24, 2.45) is 4.99 Å². The zero-order valence-corrected chi connectivity index (χ0v) is 11.8. The van der Waals surface area contributed by atoms with E-state index in [1.165, 1.54) is 23.5 Å². The van der Waals surface area contributed by atoms with E-state index in [4.69, 9.17) is 11.6 Å². The number of nitrogens with zero attached hydrogens (tertiary/aromatic N) is 1. The first-order chi connectivity index (χ1) is 8.69. The van der Waals surface area contributed by atoms with Crippen LogP contribution >= 0.6 is 35.1 Å². The second-order valence-corrected chi connectivity index (χ2v) is 6.11. The van der Waals surface area contributed by atoms with Crippen LogP contribution in [0.4, 0.5) is 0 Å². The Balaban J connectivity index is 2.17. The van der Waals surface area contributed by atoms with Gasteiger partial charge in [-0.05, 0) is 35.5 Å². The Labute approximate surface area is 119 Å². The van der Waals surface area contributed by atoms with Gasteiger partial charge < -0.3 is 0 Å². The molecule has 0 unspecified atom stereocenters. The number of halogens is 1. The number of rotatable bonds is 3. The molecule has 1 aromatic carbocycles. The third-order valence-corrected chi connectivity index (χ3v) is 4.36. The number of hydrogen-bond acceptors (Lipinski definition) is 4. The SMILES string of the molecule is C=CCSC1=N/C(=C\c2ccc(Cl)cc2)C(=O)S1. The minimum absolute atomic E-state index is 0.0171. The molecule has 0 saturated heterocycles. The molecule has 1 heterocycles. The third-order valence-electron chi connectivity index (χ3n) is 2.10. The van der Waals surface area contributed by atoms with Crippen LogP contribution in [0.3, 0.4) is 0 Å². The Kier molecular flexibility index (Phi) is 4.69. The largest absolute Gasteiger partial charge is 0.279 e. The molecule has 0 amide bonds. The van der Waals surface area contributed by atoms with Crippen molar-refractivity contribution in [1.29, 1.82) is 0 Å². The van der Waals surface area contributed by atoms with Crippen LogP contribution in [-0.4, -0.2) is 15.2 Å². The van der Waals surface area contributed by atoms with Crippen molar-refractivity contribution >= 4 is 50.7 Å². The van der Waals surface area contributed by atoms with Crippen LogP contribution in [0.2, 0.25) is 5.02 Å². The van der Waals surface area contributed by atoms with E-state index in [1.807, 2.05) is 12.1 Å². The Morgan fingerprint density at radius 2 is 2.11 bits per heavy atom. The van der Waals surface area contributed by atoms with Gasteiger partial charge in [-0.15, -0.1) is 6.58 Å². The minimum atomic E-state index is -0.0171. The molecule has 1 aliphatic rings. The van der Waals surface area contributed by atoms with E-state index in [0.717, 1.165) is 15.7 Å². The quantitative estimate of drug-likeness (QED) is 0.617. The fourth-order valence-corrected chi connectivity index (χ4v) is 3.03. The molecule has 92 valence electrons. The van der Waals surface area contributed by atoms with Gasteiger partial charge >= 0.3 is 0 Å². The molecule has 0 bridgehead atoms. The molecule has 0 N–H and O–H groups in total. The van der Waals surface area contributed by atoms with E-state index < -0.39 is 0 Å². The monoisotopic (exact) mass is 295 g/mol. The Hall–Kier alpha value is -0.970. The molecule has 0 saturated carbocycles. The van der Waals surface area contributed by atoms with Crippen LogP contribution in [0.25, 0.3) is 6.08 Å². The summed E-state index contributed by atoms with van der Waals surface area (Å²) < 4.78 is 0.778. The van der Waals surface area contributed by atoms with Crippen molar-refractivity contribution in [1.82, 2.24) is 0 Å². The van der Waals surface area contributed by atoms with Gasteiger partial charge in [0.1, 0.15) is 10.1 Å². The minimum Gasteiger partial charge on any atom is -0.279 e. The van der Waals surface area contributed by atoms with Crippen molar-refractivity contribution in [3.05, 3.63) is 53.2 Å². The van der Waals surface area contributed by atoms with E-state index in [0.29, 0.717) is 10.7 Å². The summed E-state index contributed by atoms with van der Waals surface area (Å²) in [4.78, 5) is 16.0. The number of carbonyl (C=O) groups is 1. The molecule has 0 aromatic heterocycles. The average molecular weight is 296 g/mol. The van der Waals surface area contributed by atoms with Gasteiger partial charge in [0, 0.05) is 10.8 Å². The van der Waals surface area contributed by atoms with Crippen molar-refractivity contribution in [3.63, 3.8) is 0 Å². The maximum absolute atomic E-state index is 11.7. The lowest BCUT2D eigenvalue weighted by Crippen LogP contribution is -1.87. The standard InChI is InChI=1S/C13H10ClNOS2/c1-2-7-17-13-15-11(12(16)18-13)8-9-3-5-10(14)6-4-9/h2-6,8H,1,7H2/b11-8-. The molecule has 1 aromatic rings. The lowest BCUT2D eigenvalue weighted by atomic mass is 10.2. The van der Waals surface area contributed by atoms with Gasteiger partial charge in [0.2, 0.25) is 5.12 Å². The molecule has 0 radical (unpaired) electrons. The Morgan fingerprint density at radius 1 is 1.39 bits per heavy atom. The average Bonchev–Trinajstić information content (AvgIpc) is 2.70. The summed E-state index contributed by atoms with van der Waals surface area (Å²) in [6, 6.07) is 7.30. The molecule has 0 atom stereocenters. The number of carbonyl (C=O) groups excluding carboxylic acids is 1. The molecular weight excluding hydrogens is 286 g/mol. The molecule has 2 rings (SSSR count). The van der Waals surface area contributed by atoms with Gasteiger partial charge in [0.05, 0.1) is 0 Å². The number of thioether (sulfide) groups is 2. The van der Waals surface area contributed by atoms with E-state index in [-0.39, 0.29) is 5.12 Å². The van der Waals surface area contributed by atoms with Crippen molar-refractivity contribution in [3.8, 4) is 0 Å². The Bertz CT molecular complexity index is 534. The summed E-state index contributed by atoms with van der Waals surface area (Å²) in [6.07, 6.45) is 3.56. The molecule has 5 heteroatoms. The highest BCUT2D eigenvalue weighted by molar-refractivity contribution is 8.45. The van der Waals surface area contributed by atoms with E-state index in [2.05, 4.69) is 11.6 Å². The van der Waals surface area contributed by atoms with E-state index >= 15 is 0 Å². The maximum Gasteiger partial charge on any atom is 0.244 e. The molecule has 0 fully saturated rings. The van der Waals surface area contributed by atoms with Crippen LogP contribution in [0.5, 0.6) is 0 Å². The summed E-state index contributed by atoms with van der Waals surface area (Å²) in [5.74, 6) is 0.757.